The SMILES string of the molecule is NC(C(=O)O)c1c(Br)nc2ccccn12. The highest BCUT2D eigenvalue weighted by atomic mass is 79.9. The lowest BCUT2D eigenvalue weighted by molar-refractivity contribution is -0.138. The fraction of sp³-hybridized carbons (Fsp3) is 0.111. The normalized spacial score (nSPS) is 12.9. The third-order valence-electron chi connectivity index (χ3n) is 2.08. The molecule has 78 valence electrons. The minimum Gasteiger partial charge on any atom is -0.480 e. The van der Waals surface area contributed by atoms with Crippen molar-refractivity contribution in [1.82, 2.24) is 9.38 Å². The van der Waals surface area contributed by atoms with Crippen LogP contribution < -0.4 is 5.73 Å². The number of fused-ring (bicyclic) bond motifs is 1. The van der Waals surface area contributed by atoms with E-state index in [1.165, 1.54) is 0 Å². The minimum atomic E-state index is -1.09. The van der Waals surface area contributed by atoms with Crippen LogP contribution in [-0.4, -0.2) is 20.5 Å². The fourth-order valence-corrected chi connectivity index (χ4v) is 2.00. The predicted octanol–water partition coefficient (Wildman–Crippen LogP) is 1.18. The molecule has 2 aromatic heterocycles. The average molecular weight is 270 g/mol. The van der Waals surface area contributed by atoms with Crippen LogP contribution in [0.2, 0.25) is 0 Å². The third-order valence-corrected chi connectivity index (χ3v) is 2.67. The van der Waals surface area contributed by atoms with Crippen molar-refractivity contribution in [3.8, 4) is 0 Å². The van der Waals surface area contributed by atoms with Gasteiger partial charge < -0.3 is 15.2 Å². The van der Waals surface area contributed by atoms with Gasteiger partial charge in [-0.25, -0.2) is 4.98 Å². The number of nitrogens with zero attached hydrogens (tertiary/aromatic N) is 2. The van der Waals surface area contributed by atoms with Crippen LogP contribution in [-0.2, 0) is 4.79 Å². The lowest BCUT2D eigenvalue weighted by atomic mass is 10.2. The van der Waals surface area contributed by atoms with Crippen molar-refractivity contribution in [2.24, 2.45) is 5.73 Å². The molecule has 0 fully saturated rings. The van der Waals surface area contributed by atoms with Crippen LogP contribution in [0.25, 0.3) is 5.65 Å². The molecule has 0 aromatic carbocycles. The van der Waals surface area contributed by atoms with E-state index >= 15 is 0 Å². The van der Waals surface area contributed by atoms with Gasteiger partial charge in [0.25, 0.3) is 0 Å². The summed E-state index contributed by atoms with van der Waals surface area (Å²) in [7, 11) is 0. The summed E-state index contributed by atoms with van der Waals surface area (Å²) < 4.78 is 2.12. The monoisotopic (exact) mass is 269 g/mol. The van der Waals surface area contributed by atoms with Crippen LogP contribution in [0.5, 0.6) is 0 Å². The second-order valence-corrected chi connectivity index (χ2v) is 3.78. The molecule has 2 heterocycles. The molecule has 0 saturated heterocycles. The summed E-state index contributed by atoms with van der Waals surface area (Å²) in [4.78, 5) is 15.0. The van der Waals surface area contributed by atoms with Crippen molar-refractivity contribution >= 4 is 27.5 Å². The summed E-state index contributed by atoms with van der Waals surface area (Å²) in [6.07, 6.45) is 1.73. The van der Waals surface area contributed by atoms with Gasteiger partial charge in [-0.1, -0.05) is 6.07 Å². The molecule has 0 bridgehead atoms. The molecule has 0 aliphatic rings. The van der Waals surface area contributed by atoms with E-state index in [0.29, 0.717) is 15.9 Å². The topological polar surface area (TPSA) is 80.6 Å². The van der Waals surface area contributed by atoms with Crippen LogP contribution in [0.15, 0.2) is 29.0 Å². The van der Waals surface area contributed by atoms with Gasteiger partial charge in [-0.2, -0.15) is 0 Å². The summed E-state index contributed by atoms with van der Waals surface area (Å²) in [5.41, 5.74) is 6.66. The highest BCUT2D eigenvalue weighted by Gasteiger charge is 2.22. The summed E-state index contributed by atoms with van der Waals surface area (Å²) in [6, 6.07) is 4.31. The second kappa shape index (κ2) is 3.63. The summed E-state index contributed by atoms with van der Waals surface area (Å²) in [6.45, 7) is 0. The van der Waals surface area contributed by atoms with Crippen LogP contribution in [0.4, 0.5) is 0 Å². The Morgan fingerprint density at radius 1 is 1.60 bits per heavy atom. The predicted molar refractivity (Wildman–Crippen MR) is 57.5 cm³/mol. The van der Waals surface area contributed by atoms with Crippen LogP contribution in [0, 0.1) is 0 Å². The maximum Gasteiger partial charge on any atom is 0.326 e. The standard InChI is InChI=1S/C9H8BrN3O2/c10-8-7(6(11)9(14)15)13-4-2-1-3-5(13)12-8/h1-4,6H,11H2,(H,14,15). The number of aliphatic carboxylic acids is 1. The van der Waals surface area contributed by atoms with Gasteiger partial charge >= 0.3 is 5.97 Å². The van der Waals surface area contributed by atoms with E-state index in [2.05, 4.69) is 20.9 Å². The molecule has 5 nitrogen and oxygen atoms in total. The van der Waals surface area contributed by atoms with Gasteiger partial charge in [-0.3, -0.25) is 4.79 Å². The van der Waals surface area contributed by atoms with E-state index in [-0.39, 0.29) is 0 Å². The van der Waals surface area contributed by atoms with E-state index in [1.807, 2.05) is 6.07 Å². The van der Waals surface area contributed by atoms with E-state index in [9.17, 15) is 4.79 Å². The highest BCUT2D eigenvalue weighted by molar-refractivity contribution is 9.10. The molecule has 15 heavy (non-hydrogen) atoms. The quantitative estimate of drug-likeness (QED) is 0.858. The Hall–Kier alpha value is -1.40. The number of carbonyl (C=O) groups is 1. The first-order valence-electron chi connectivity index (χ1n) is 4.22. The molecule has 1 atom stereocenters. The number of nitrogens with two attached hydrogens (primary N) is 1. The van der Waals surface area contributed by atoms with E-state index < -0.39 is 12.0 Å². The summed E-state index contributed by atoms with van der Waals surface area (Å²) >= 11 is 3.20. The molecule has 0 saturated carbocycles. The molecule has 6 heteroatoms. The number of aromatic nitrogens is 2. The van der Waals surface area contributed by atoms with Crippen molar-refractivity contribution in [3.05, 3.63) is 34.7 Å². The first-order chi connectivity index (χ1) is 7.11. The van der Waals surface area contributed by atoms with Crippen molar-refractivity contribution in [1.29, 1.82) is 0 Å². The Bertz CT molecular complexity index is 523. The van der Waals surface area contributed by atoms with E-state index in [0.717, 1.165) is 0 Å². The van der Waals surface area contributed by atoms with Crippen molar-refractivity contribution in [2.75, 3.05) is 0 Å². The Kier molecular flexibility index (Phi) is 2.45. The highest BCUT2D eigenvalue weighted by Crippen LogP contribution is 2.23. The van der Waals surface area contributed by atoms with Crippen LogP contribution in [0.3, 0.4) is 0 Å². The first kappa shape index (κ1) is 10.1. The van der Waals surface area contributed by atoms with Gasteiger partial charge in [-0.15, -0.1) is 0 Å². The van der Waals surface area contributed by atoms with Crippen LogP contribution >= 0.6 is 15.9 Å². The van der Waals surface area contributed by atoms with Crippen molar-refractivity contribution in [2.45, 2.75) is 6.04 Å². The molecular formula is C9H8BrN3O2. The second-order valence-electron chi connectivity index (χ2n) is 3.03. The lowest BCUT2D eigenvalue weighted by Crippen LogP contribution is -2.22. The zero-order valence-electron chi connectivity index (χ0n) is 7.59. The number of hydrogen-bond acceptors (Lipinski definition) is 3. The molecule has 3 N–H and O–H groups in total. The summed E-state index contributed by atoms with van der Waals surface area (Å²) in [5.74, 6) is -1.08. The summed E-state index contributed by atoms with van der Waals surface area (Å²) in [5, 5.41) is 8.85. The van der Waals surface area contributed by atoms with Gasteiger partial charge in [-0.05, 0) is 28.1 Å². The van der Waals surface area contributed by atoms with Crippen molar-refractivity contribution in [3.63, 3.8) is 0 Å². The Balaban J connectivity index is 2.68. The Morgan fingerprint density at radius 2 is 2.33 bits per heavy atom. The molecular weight excluding hydrogens is 262 g/mol. The number of pyridine rings is 1. The van der Waals surface area contributed by atoms with Gasteiger partial charge in [0.2, 0.25) is 0 Å². The van der Waals surface area contributed by atoms with Gasteiger partial charge in [0.15, 0.2) is 0 Å². The minimum absolute atomic E-state index is 0.443. The van der Waals surface area contributed by atoms with E-state index in [4.69, 9.17) is 10.8 Å². The number of rotatable bonds is 2. The molecule has 0 aliphatic carbocycles. The maximum absolute atomic E-state index is 10.8. The number of carboxylic acids is 1. The number of imidazole rings is 1. The zero-order chi connectivity index (χ0) is 11.0. The maximum atomic E-state index is 10.8. The van der Waals surface area contributed by atoms with E-state index in [1.54, 1.807) is 22.7 Å². The van der Waals surface area contributed by atoms with Gasteiger partial charge in [0, 0.05) is 6.20 Å². The molecule has 2 aromatic rings. The smallest absolute Gasteiger partial charge is 0.326 e. The molecule has 2 rings (SSSR count). The Labute approximate surface area is 93.7 Å². The van der Waals surface area contributed by atoms with Crippen molar-refractivity contribution < 1.29 is 9.90 Å². The number of hydrogen-bond donors (Lipinski definition) is 2. The first-order valence-corrected chi connectivity index (χ1v) is 5.01. The van der Waals surface area contributed by atoms with Crippen LogP contribution in [0.1, 0.15) is 11.7 Å². The third kappa shape index (κ3) is 1.62. The largest absolute Gasteiger partial charge is 0.480 e. The molecule has 0 radical (unpaired) electrons. The lowest BCUT2D eigenvalue weighted by Gasteiger charge is -2.06. The number of halogens is 1. The molecule has 1 unspecified atom stereocenters. The molecule has 0 spiro atoms. The average Bonchev–Trinajstić information content (AvgIpc) is 2.52. The zero-order valence-corrected chi connectivity index (χ0v) is 9.18. The van der Waals surface area contributed by atoms with Gasteiger partial charge in [0.1, 0.15) is 16.3 Å². The van der Waals surface area contributed by atoms with Gasteiger partial charge in [0.05, 0.1) is 5.69 Å². The molecule has 0 aliphatic heterocycles. The molecule has 0 amide bonds. The fourth-order valence-electron chi connectivity index (χ4n) is 1.38. The number of carboxylic acid groups (broad SMARTS) is 1. The Morgan fingerprint density at radius 3 is 3.00 bits per heavy atom.